The minimum Gasteiger partial charge on any atom is -0.346 e. The van der Waals surface area contributed by atoms with E-state index in [2.05, 4.69) is 56.3 Å². The predicted molar refractivity (Wildman–Crippen MR) is 111 cm³/mol. The maximum Gasteiger partial charge on any atom is 0.242 e. The molecule has 2 aromatic rings. The van der Waals surface area contributed by atoms with Crippen molar-refractivity contribution in [3.05, 3.63) is 70.8 Å². The van der Waals surface area contributed by atoms with Crippen molar-refractivity contribution < 1.29 is 4.79 Å². The van der Waals surface area contributed by atoms with Gasteiger partial charge >= 0.3 is 0 Å². The fourth-order valence-electron chi connectivity index (χ4n) is 4.72. The molecule has 28 heavy (non-hydrogen) atoms. The average molecular weight is 374 g/mol. The quantitative estimate of drug-likeness (QED) is 0.648. The highest BCUT2D eigenvalue weighted by molar-refractivity contribution is 5.87. The number of amides is 1. The van der Waals surface area contributed by atoms with E-state index in [0.717, 1.165) is 12.8 Å². The summed E-state index contributed by atoms with van der Waals surface area (Å²) in [5, 5.41) is 8.36. The molecule has 1 aliphatic carbocycles. The molecule has 2 aromatic carbocycles. The van der Waals surface area contributed by atoms with Gasteiger partial charge in [0, 0.05) is 24.1 Å². The SMILES string of the molecule is CC(=N)N1CC(=O)N(C(C)C)C[C@@H]1C1c2c#cccc2CCc2ccccc21. The summed E-state index contributed by atoms with van der Waals surface area (Å²) >= 11 is 0. The lowest BCUT2D eigenvalue weighted by atomic mass is 9.81. The van der Waals surface area contributed by atoms with E-state index in [1.54, 1.807) is 6.92 Å². The van der Waals surface area contributed by atoms with Crippen LogP contribution >= 0.6 is 0 Å². The lowest BCUT2D eigenvalue weighted by Gasteiger charge is -2.46. The Kier molecular flexibility index (Phi) is 4.85. The highest BCUT2D eigenvalue weighted by atomic mass is 16.2. The lowest BCUT2D eigenvalue weighted by molar-refractivity contribution is -0.138. The number of hydrogen-bond donors (Lipinski definition) is 1. The maximum atomic E-state index is 12.7. The number of aryl methyl sites for hydroxylation is 2. The number of benzene rings is 1. The molecule has 0 saturated carbocycles. The van der Waals surface area contributed by atoms with Gasteiger partial charge in [-0.05, 0) is 62.4 Å². The summed E-state index contributed by atoms with van der Waals surface area (Å²) in [5.41, 5.74) is 5.12. The Morgan fingerprint density at radius 2 is 1.93 bits per heavy atom. The topological polar surface area (TPSA) is 47.4 Å². The summed E-state index contributed by atoms with van der Waals surface area (Å²) in [6, 6.07) is 19.4. The van der Waals surface area contributed by atoms with Crippen LogP contribution in [-0.4, -0.2) is 46.7 Å². The number of carbonyl (C=O) groups excluding carboxylic acids is 1. The van der Waals surface area contributed by atoms with Crippen LogP contribution in [0.5, 0.6) is 0 Å². The van der Waals surface area contributed by atoms with Crippen molar-refractivity contribution in [3.8, 4) is 0 Å². The monoisotopic (exact) mass is 373 g/mol. The zero-order chi connectivity index (χ0) is 19.8. The Labute approximate surface area is 167 Å². The summed E-state index contributed by atoms with van der Waals surface area (Å²) in [5.74, 6) is 0.620. The second kappa shape index (κ2) is 7.31. The number of nitrogens with zero attached hydrogens (tertiary/aromatic N) is 2. The molecule has 1 aliphatic heterocycles. The summed E-state index contributed by atoms with van der Waals surface area (Å²) < 4.78 is 0. The number of amidine groups is 1. The average Bonchev–Trinajstić information content (AvgIpc) is 2.84. The van der Waals surface area contributed by atoms with E-state index in [1.165, 1.54) is 22.3 Å². The Balaban J connectivity index is 1.87. The second-order valence-electron chi connectivity index (χ2n) is 8.14. The van der Waals surface area contributed by atoms with Crippen LogP contribution in [0.25, 0.3) is 0 Å². The number of fused-ring (bicyclic) bond motifs is 2. The molecule has 1 fully saturated rings. The van der Waals surface area contributed by atoms with Crippen molar-refractivity contribution in [2.45, 2.75) is 51.6 Å². The smallest absolute Gasteiger partial charge is 0.242 e. The van der Waals surface area contributed by atoms with Crippen molar-refractivity contribution in [1.29, 1.82) is 5.41 Å². The van der Waals surface area contributed by atoms with Gasteiger partial charge in [-0.3, -0.25) is 10.2 Å². The first kappa shape index (κ1) is 18.6. The summed E-state index contributed by atoms with van der Waals surface area (Å²) in [4.78, 5) is 16.7. The normalized spacial score (nSPS) is 19.7. The largest absolute Gasteiger partial charge is 0.346 e. The third-order valence-corrected chi connectivity index (χ3v) is 6.13. The van der Waals surface area contributed by atoms with E-state index < -0.39 is 0 Å². The van der Waals surface area contributed by atoms with E-state index in [0.29, 0.717) is 12.4 Å². The van der Waals surface area contributed by atoms with Gasteiger partial charge in [0.25, 0.3) is 0 Å². The van der Waals surface area contributed by atoms with Gasteiger partial charge in [0.05, 0.1) is 18.4 Å². The molecule has 0 bridgehead atoms. The number of hydrogen-bond acceptors (Lipinski definition) is 2. The van der Waals surface area contributed by atoms with E-state index >= 15 is 0 Å². The zero-order valence-electron chi connectivity index (χ0n) is 16.8. The maximum absolute atomic E-state index is 12.7. The van der Waals surface area contributed by atoms with Crippen LogP contribution in [0, 0.1) is 17.5 Å². The van der Waals surface area contributed by atoms with Crippen LogP contribution in [0.15, 0.2) is 36.4 Å². The van der Waals surface area contributed by atoms with E-state index in [9.17, 15) is 4.79 Å². The molecule has 0 aromatic heterocycles. The van der Waals surface area contributed by atoms with Crippen LogP contribution in [0.4, 0.5) is 0 Å². The van der Waals surface area contributed by atoms with Crippen LogP contribution in [0.3, 0.4) is 0 Å². The highest BCUT2D eigenvalue weighted by Crippen LogP contribution is 2.39. The molecule has 144 valence electrons. The molecule has 1 unspecified atom stereocenters. The standard InChI is InChI=1S/C24H27N3O/c1-16(2)26-14-22(27(17(3)25)15-23(26)28)24-20-10-6-4-8-18(20)12-13-19-9-5-7-11-21(19)24/h4-6,8-10,16,22,24-25H,12-15H2,1-3H3/t22-,24?/m1/s1. The number of rotatable bonds is 2. The minimum atomic E-state index is 0.0163. The van der Waals surface area contributed by atoms with Crippen LogP contribution in [-0.2, 0) is 17.6 Å². The Morgan fingerprint density at radius 1 is 1.18 bits per heavy atom. The van der Waals surface area contributed by atoms with Crippen molar-refractivity contribution in [1.82, 2.24) is 9.80 Å². The molecule has 0 spiro atoms. The first-order valence-electron chi connectivity index (χ1n) is 10.1. The van der Waals surface area contributed by atoms with Crippen LogP contribution in [0.1, 0.15) is 48.9 Å². The van der Waals surface area contributed by atoms with Gasteiger partial charge in [0.1, 0.15) is 0 Å². The van der Waals surface area contributed by atoms with Crippen molar-refractivity contribution >= 4 is 11.7 Å². The molecular formula is C24H27N3O. The van der Waals surface area contributed by atoms with Crippen molar-refractivity contribution in [2.75, 3.05) is 13.1 Å². The highest BCUT2D eigenvalue weighted by Gasteiger charge is 2.41. The molecule has 4 rings (SSSR count). The minimum absolute atomic E-state index is 0.0163. The fraction of sp³-hybridized carbons (Fsp3) is 0.417. The molecule has 2 atom stereocenters. The van der Waals surface area contributed by atoms with Gasteiger partial charge in [0.2, 0.25) is 5.91 Å². The van der Waals surface area contributed by atoms with Crippen molar-refractivity contribution in [2.24, 2.45) is 0 Å². The fourth-order valence-corrected chi connectivity index (χ4v) is 4.72. The Bertz CT molecular complexity index is 857. The Morgan fingerprint density at radius 3 is 2.68 bits per heavy atom. The summed E-state index contributed by atoms with van der Waals surface area (Å²) in [6.45, 7) is 6.81. The molecule has 4 nitrogen and oxygen atoms in total. The molecule has 1 amide bonds. The first-order chi connectivity index (χ1) is 13.5. The molecule has 2 aliphatic rings. The third-order valence-electron chi connectivity index (χ3n) is 6.13. The van der Waals surface area contributed by atoms with Gasteiger partial charge in [-0.1, -0.05) is 36.4 Å². The summed E-state index contributed by atoms with van der Waals surface area (Å²) in [6.07, 6.45) is 1.98. The first-order valence-corrected chi connectivity index (χ1v) is 10.1. The second-order valence-corrected chi connectivity index (χ2v) is 8.14. The van der Waals surface area contributed by atoms with Gasteiger partial charge < -0.3 is 9.80 Å². The van der Waals surface area contributed by atoms with Gasteiger partial charge in [-0.2, -0.15) is 0 Å². The predicted octanol–water partition coefficient (Wildman–Crippen LogP) is 3.44. The molecule has 1 saturated heterocycles. The number of piperazine rings is 1. The van der Waals surface area contributed by atoms with Crippen LogP contribution in [0.2, 0.25) is 0 Å². The van der Waals surface area contributed by atoms with E-state index in [-0.39, 0.29) is 30.5 Å². The van der Waals surface area contributed by atoms with Crippen LogP contribution < -0.4 is 0 Å². The third kappa shape index (κ3) is 3.16. The number of carbonyl (C=O) groups is 1. The molecule has 1 heterocycles. The summed E-state index contributed by atoms with van der Waals surface area (Å²) in [7, 11) is 0. The number of nitrogens with one attached hydrogen (secondary N) is 1. The Hall–Kier alpha value is -2.80. The van der Waals surface area contributed by atoms with E-state index in [4.69, 9.17) is 5.41 Å². The lowest BCUT2D eigenvalue weighted by Crippen LogP contribution is -2.60. The van der Waals surface area contributed by atoms with Gasteiger partial charge in [-0.25, -0.2) is 0 Å². The molecular weight excluding hydrogens is 346 g/mol. The zero-order valence-corrected chi connectivity index (χ0v) is 16.8. The van der Waals surface area contributed by atoms with Gasteiger partial charge in [0.15, 0.2) is 0 Å². The molecule has 4 heteroatoms. The molecule has 0 radical (unpaired) electrons. The van der Waals surface area contributed by atoms with E-state index in [1.807, 2.05) is 15.9 Å². The van der Waals surface area contributed by atoms with Gasteiger partial charge in [-0.15, -0.1) is 0 Å². The molecule has 1 N–H and O–H groups in total. The van der Waals surface area contributed by atoms with Crippen molar-refractivity contribution in [3.63, 3.8) is 0 Å².